The Labute approximate surface area is 143 Å². The Balaban J connectivity index is 2.07. The number of Topliss-reactive ketones (excluding diaryl/α,β-unsaturated/α-hetero) is 2. The molecule has 0 bridgehead atoms. The molecule has 0 spiro atoms. The smallest absolute Gasteiger partial charge is 0.299 e. The number of aryl methyl sites for hydroxylation is 1. The fourth-order valence-electron chi connectivity index (χ4n) is 3.41. The molecule has 1 aliphatic carbocycles. The third-order valence-corrected chi connectivity index (χ3v) is 4.46. The first-order valence-electron chi connectivity index (χ1n) is 8.05. The van der Waals surface area contributed by atoms with E-state index in [0.29, 0.717) is 5.56 Å². The second-order valence-corrected chi connectivity index (χ2v) is 6.54. The molecular weight excluding hydrogens is 329 g/mol. The van der Waals surface area contributed by atoms with Crippen LogP contribution in [0.1, 0.15) is 41.9 Å². The molecule has 25 heavy (non-hydrogen) atoms. The highest BCUT2D eigenvalue weighted by molar-refractivity contribution is 6.02. The summed E-state index contributed by atoms with van der Waals surface area (Å²) < 4.78 is 39.9. The van der Waals surface area contributed by atoms with Crippen LogP contribution in [0.4, 0.5) is 13.2 Å². The summed E-state index contributed by atoms with van der Waals surface area (Å²) in [5.74, 6) is -0.481. The van der Waals surface area contributed by atoms with E-state index in [2.05, 4.69) is 0 Å². The summed E-state index contributed by atoms with van der Waals surface area (Å²) in [6.45, 7) is 1.80. The molecule has 2 aromatic rings. The van der Waals surface area contributed by atoms with E-state index in [1.54, 1.807) is 25.1 Å². The van der Waals surface area contributed by atoms with Crippen LogP contribution < -0.4 is 0 Å². The Morgan fingerprint density at radius 2 is 1.60 bits per heavy atom. The van der Waals surface area contributed by atoms with Gasteiger partial charge in [-0.05, 0) is 35.6 Å². The SMILES string of the molecule is Cc1cc(-c2ccccc2C(F)(F)F)cc(C2CC(=O)CC(=O)C2)c1. The Morgan fingerprint density at radius 1 is 0.960 bits per heavy atom. The predicted octanol–water partition coefficient (Wildman–Crippen LogP) is 5.09. The van der Waals surface area contributed by atoms with E-state index in [1.807, 2.05) is 6.07 Å². The monoisotopic (exact) mass is 346 g/mol. The summed E-state index contributed by atoms with van der Waals surface area (Å²) in [5, 5.41) is 0. The molecule has 0 aromatic heterocycles. The number of hydrogen-bond acceptors (Lipinski definition) is 2. The normalized spacial score (nSPS) is 16.3. The molecule has 0 atom stereocenters. The van der Waals surface area contributed by atoms with Gasteiger partial charge in [0, 0.05) is 12.8 Å². The largest absolute Gasteiger partial charge is 0.417 e. The number of carbonyl (C=O) groups excluding carboxylic acids is 2. The number of benzene rings is 2. The lowest BCUT2D eigenvalue weighted by atomic mass is 9.81. The second-order valence-electron chi connectivity index (χ2n) is 6.54. The molecule has 0 saturated heterocycles. The first-order chi connectivity index (χ1) is 11.7. The molecule has 3 rings (SSSR count). The van der Waals surface area contributed by atoms with Crippen molar-refractivity contribution in [3.63, 3.8) is 0 Å². The highest BCUT2D eigenvalue weighted by atomic mass is 19.4. The van der Waals surface area contributed by atoms with Crippen molar-refractivity contribution in [1.82, 2.24) is 0 Å². The van der Waals surface area contributed by atoms with E-state index in [0.717, 1.165) is 17.2 Å². The number of hydrogen-bond donors (Lipinski definition) is 0. The van der Waals surface area contributed by atoms with Crippen LogP contribution in [-0.4, -0.2) is 11.6 Å². The van der Waals surface area contributed by atoms with Crippen LogP contribution >= 0.6 is 0 Å². The predicted molar refractivity (Wildman–Crippen MR) is 88.2 cm³/mol. The van der Waals surface area contributed by atoms with E-state index < -0.39 is 11.7 Å². The van der Waals surface area contributed by atoms with Gasteiger partial charge in [0.05, 0.1) is 12.0 Å². The molecule has 1 fully saturated rings. The number of carbonyl (C=O) groups is 2. The highest BCUT2D eigenvalue weighted by Gasteiger charge is 2.33. The molecule has 0 N–H and O–H groups in total. The second kappa shape index (κ2) is 6.47. The zero-order chi connectivity index (χ0) is 18.2. The molecule has 1 aliphatic rings. The van der Waals surface area contributed by atoms with Gasteiger partial charge in [0.2, 0.25) is 0 Å². The molecule has 0 unspecified atom stereocenters. The van der Waals surface area contributed by atoms with Crippen molar-refractivity contribution in [2.24, 2.45) is 0 Å². The third-order valence-electron chi connectivity index (χ3n) is 4.46. The van der Waals surface area contributed by atoms with E-state index in [9.17, 15) is 22.8 Å². The van der Waals surface area contributed by atoms with Crippen LogP contribution in [-0.2, 0) is 15.8 Å². The van der Waals surface area contributed by atoms with Crippen LogP contribution in [0, 0.1) is 6.92 Å². The van der Waals surface area contributed by atoms with E-state index >= 15 is 0 Å². The zero-order valence-electron chi connectivity index (χ0n) is 13.7. The molecule has 130 valence electrons. The van der Waals surface area contributed by atoms with E-state index in [-0.39, 0.29) is 42.3 Å². The summed E-state index contributed by atoms with van der Waals surface area (Å²) in [4.78, 5) is 23.4. The van der Waals surface area contributed by atoms with E-state index in [1.165, 1.54) is 12.1 Å². The lowest BCUT2D eigenvalue weighted by Crippen LogP contribution is -2.21. The quantitative estimate of drug-likeness (QED) is 0.710. The Hall–Kier alpha value is -2.43. The van der Waals surface area contributed by atoms with Gasteiger partial charge in [0.15, 0.2) is 0 Å². The zero-order valence-corrected chi connectivity index (χ0v) is 13.7. The van der Waals surface area contributed by atoms with Crippen molar-refractivity contribution in [1.29, 1.82) is 0 Å². The molecule has 0 heterocycles. The van der Waals surface area contributed by atoms with Gasteiger partial charge in [0.1, 0.15) is 11.6 Å². The maximum Gasteiger partial charge on any atom is 0.417 e. The summed E-state index contributed by atoms with van der Waals surface area (Å²) in [5.41, 5.74) is 1.41. The van der Waals surface area contributed by atoms with Crippen molar-refractivity contribution < 1.29 is 22.8 Å². The minimum Gasteiger partial charge on any atom is -0.299 e. The number of ketones is 2. The van der Waals surface area contributed by atoms with Gasteiger partial charge in [-0.25, -0.2) is 0 Å². The molecule has 0 aliphatic heterocycles. The molecule has 5 heteroatoms. The third kappa shape index (κ3) is 3.81. The van der Waals surface area contributed by atoms with Crippen molar-refractivity contribution in [2.75, 3.05) is 0 Å². The molecular formula is C20H17F3O2. The first-order valence-corrected chi connectivity index (χ1v) is 8.05. The number of alkyl halides is 3. The van der Waals surface area contributed by atoms with Crippen molar-refractivity contribution in [3.8, 4) is 11.1 Å². The van der Waals surface area contributed by atoms with Gasteiger partial charge in [-0.1, -0.05) is 42.0 Å². The van der Waals surface area contributed by atoms with E-state index in [4.69, 9.17) is 0 Å². The van der Waals surface area contributed by atoms with Crippen LogP contribution in [0.25, 0.3) is 11.1 Å². The number of rotatable bonds is 2. The average molecular weight is 346 g/mol. The van der Waals surface area contributed by atoms with Crippen LogP contribution in [0.5, 0.6) is 0 Å². The van der Waals surface area contributed by atoms with Gasteiger partial charge in [0.25, 0.3) is 0 Å². The summed E-state index contributed by atoms with van der Waals surface area (Å²) in [6, 6.07) is 10.6. The van der Waals surface area contributed by atoms with Gasteiger partial charge in [-0.2, -0.15) is 13.2 Å². The van der Waals surface area contributed by atoms with Gasteiger partial charge in [-0.3, -0.25) is 9.59 Å². The fraction of sp³-hybridized carbons (Fsp3) is 0.300. The highest BCUT2D eigenvalue weighted by Crippen LogP contribution is 2.39. The van der Waals surface area contributed by atoms with Gasteiger partial charge < -0.3 is 0 Å². The lowest BCUT2D eigenvalue weighted by Gasteiger charge is -2.22. The molecule has 2 aromatic carbocycles. The van der Waals surface area contributed by atoms with Gasteiger partial charge >= 0.3 is 6.18 Å². The van der Waals surface area contributed by atoms with Crippen molar-refractivity contribution in [2.45, 2.75) is 38.3 Å². The van der Waals surface area contributed by atoms with Crippen molar-refractivity contribution in [3.05, 3.63) is 59.2 Å². The van der Waals surface area contributed by atoms with Gasteiger partial charge in [-0.15, -0.1) is 0 Å². The topological polar surface area (TPSA) is 34.1 Å². The Morgan fingerprint density at radius 3 is 2.24 bits per heavy atom. The average Bonchev–Trinajstić information content (AvgIpc) is 2.52. The molecule has 0 amide bonds. The Bertz CT molecular complexity index is 821. The maximum absolute atomic E-state index is 13.3. The minimum absolute atomic E-state index is 0.0356. The molecule has 1 saturated carbocycles. The standard InChI is InChI=1S/C20H17F3O2/c1-12-6-13(14-9-16(24)11-17(25)10-14)8-15(7-12)18-4-2-3-5-19(18)20(21,22)23/h2-8,14H,9-11H2,1H3. The van der Waals surface area contributed by atoms with Crippen LogP contribution in [0.15, 0.2) is 42.5 Å². The molecule has 0 radical (unpaired) electrons. The van der Waals surface area contributed by atoms with Crippen LogP contribution in [0.2, 0.25) is 0 Å². The summed E-state index contributed by atoms with van der Waals surface area (Å²) >= 11 is 0. The molecule has 2 nitrogen and oxygen atoms in total. The fourth-order valence-corrected chi connectivity index (χ4v) is 3.41. The number of halogens is 3. The lowest BCUT2D eigenvalue weighted by molar-refractivity contribution is -0.137. The summed E-state index contributed by atoms with van der Waals surface area (Å²) in [7, 11) is 0. The first kappa shape index (κ1) is 17.4. The maximum atomic E-state index is 13.3. The van der Waals surface area contributed by atoms with Crippen LogP contribution in [0.3, 0.4) is 0 Å². The Kier molecular flexibility index (Phi) is 4.50. The minimum atomic E-state index is -4.45. The summed E-state index contributed by atoms with van der Waals surface area (Å²) in [6.07, 6.45) is -3.96. The van der Waals surface area contributed by atoms with Crippen molar-refractivity contribution >= 4 is 11.6 Å².